The Kier molecular flexibility index (Phi) is 8.71. The predicted molar refractivity (Wildman–Crippen MR) is 184 cm³/mol. The summed E-state index contributed by atoms with van der Waals surface area (Å²) in [7, 11) is 0. The van der Waals surface area contributed by atoms with Crippen LogP contribution in [0.1, 0.15) is 119 Å². The van der Waals surface area contributed by atoms with Crippen LogP contribution in [0.5, 0.6) is 0 Å². The van der Waals surface area contributed by atoms with Crippen LogP contribution < -0.4 is 5.32 Å². The van der Waals surface area contributed by atoms with Crippen LogP contribution in [0.15, 0.2) is 35.4 Å². The first-order valence-corrected chi connectivity index (χ1v) is 18.5. The van der Waals surface area contributed by atoms with Crippen molar-refractivity contribution in [1.29, 1.82) is 0 Å². The molecule has 6 rings (SSSR count). The fourth-order valence-electron chi connectivity index (χ4n) is 12.6. The van der Waals surface area contributed by atoms with Crippen molar-refractivity contribution in [1.82, 2.24) is 5.32 Å². The average Bonchev–Trinajstić information content (AvgIpc) is 3.29. The first-order valence-electron chi connectivity index (χ1n) is 18.1. The number of hydrogen-bond acceptors (Lipinski definition) is 5. The Morgan fingerprint density at radius 3 is 2.30 bits per heavy atom. The summed E-state index contributed by atoms with van der Waals surface area (Å²) in [5, 5.41) is 16.3. The number of aliphatic hydroxyl groups excluding tert-OH is 1. The van der Waals surface area contributed by atoms with E-state index in [9.17, 15) is 14.7 Å². The van der Waals surface area contributed by atoms with E-state index in [1.54, 1.807) is 6.92 Å². The van der Waals surface area contributed by atoms with E-state index in [4.69, 9.17) is 16.3 Å². The van der Waals surface area contributed by atoms with Gasteiger partial charge < -0.3 is 15.2 Å². The smallest absolute Gasteiger partial charge is 0.302 e. The van der Waals surface area contributed by atoms with Gasteiger partial charge in [-0.15, -0.1) is 0 Å². The minimum Gasteiger partial charge on any atom is -0.462 e. The van der Waals surface area contributed by atoms with Gasteiger partial charge >= 0.3 is 5.97 Å². The van der Waals surface area contributed by atoms with Crippen LogP contribution in [-0.4, -0.2) is 35.6 Å². The molecule has 0 saturated heterocycles. The number of carbonyl (C=O) groups is 2. The largest absolute Gasteiger partial charge is 0.462 e. The molecule has 46 heavy (non-hydrogen) atoms. The molecule has 0 aromatic heterocycles. The van der Waals surface area contributed by atoms with Crippen molar-refractivity contribution >= 4 is 23.4 Å². The summed E-state index contributed by atoms with van der Waals surface area (Å²) in [5.41, 5.74) is 3.31. The van der Waals surface area contributed by atoms with Gasteiger partial charge in [0.2, 0.25) is 0 Å². The van der Waals surface area contributed by atoms with Crippen molar-refractivity contribution in [3.8, 4) is 0 Å². The third kappa shape index (κ3) is 4.99. The Morgan fingerprint density at radius 1 is 0.957 bits per heavy atom. The molecule has 0 bridgehead atoms. The normalized spacial score (nSPS) is 40.5. The lowest BCUT2D eigenvalue weighted by Gasteiger charge is -2.72. The summed E-state index contributed by atoms with van der Waals surface area (Å²) in [5.74, 6) is 1.64. The molecule has 5 aliphatic carbocycles. The molecule has 2 N–H and O–H groups in total. The van der Waals surface area contributed by atoms with Crippen LogP contribution in [0.25, 0.3) is 0 Å². The van der Waals surface area contributed by atoms with Gasteiger partial charge in [0.25, 0.3) is 0 Å². The molecule has 5 nitrogen and oxygen atoms in total. The second-order valence-electron chi connectivity index (χ2n) is 17.6. The number of nitrogens with one attached hydrogen (secondary N) is 1. The SMILES string of the molecule is CC(=O)O[C@H]1CC[C@]2(C)[C@H]3CC[C@@H]4C5=C(C(C)C)C(=O)C[C@]5(C(O)CNCc5ccc(Cl)cc5)CC[C@@]4(C)[C@]3(C)CC[C@H]2C1(C)C. The van der Waals surface area contributed by atoms with Gasteiger partial charge in [-0.2, -0.15) is 0 Å². The molecule has 5 aliphatic rings. The van der Waals surface area contributed by atoms with E-state index in [-0.39, 0.29) is 45.4 Å². The number of allylic oxidation sites excluding steroid dienone is 1. The lowest BCUT2D eigenvalue weighted by Crippen LogP contribution is -2.66. The summed E-state index contributed by atoms with van der Waals surface area (Å²) in [6.45, 7) is 19.4. The highest BCUT2D eigenvalue weighted by Crippen LogP contribution is 2.77. The maximum Gasteiger partial charge on any atom is 0.302 e. The highest BCUT2D eigenvalue weighted by Gasteiger charge is 2.70. The van der Waals surface area contributed by atoms with E-state index in [1.807, 2.05) is 24.3 Å². The molecule has 4 fully saturated rings. The fourth-order valence-corrected chi connectivity index (χ4v) is 12.8. The minimum absolute atomic E-state index is 0.0206. The first kappa shape index (κ1) is 34.2. The molecule has 0 amide bonds. The number of ketones is 1. The van der Waals surface area contributed by atoms with Crippen molar-refractivity contribution in [2.24, 2.45) is 50.7 Å². The molecule has 254 valence electrons. The molecule has 4 saturated carbocycles. The van der Waals surface area contributed by atoms with E-state index in [2.05, 4.69) is 53.8 Å². The van der Waals surface area contributed by atoms with E-state index < -0.39 is 11.5 Å². The Hall–Kier alpha value is -1.69. The number of ether oxygens (including phenoxy) is 1. The summed E-state index contributed by atoms with van der Waals surface area (Å²) in [6.07, 6.45) is 8.29. The summed E-state index contributed by atoms with van der Waals surface area (Å²) >= 11 is 6.09. The van der Waals surface area contributed by atoms with Gasteiger partial charge in [-0.25, -0.2) is 0 Å². The number of esters is 1. The number of aliphatic hydroxyl groups is 1. The second-order valence-corrected chi connectivity index (χ2v) is 18.0. The van der Waals surface area contributed by atoms with Crippen LogP contribution in [0.3, 0.4) is 0 Å². The Morgan fingerprint density at radius 2 is 1.65 bits per heavy atom. The minimum atomic E-state index is -0.615. The molecule has 9 atom stereocenters. The standard InChI is InChI=1S/C40H58ClNO4/c1-24(2)34-29(44)21-40(32(45)23-42-22-26-9-11-27(41)12-10-26)20-19-38(7)28(35(34)40)13-14-31-37(6)17-16-33(46-25(3)43)36(4,5)30(37)15-18-39(31,38)8/h9-12,24,28,30-33,42,45H,13-23H2,1-8H3/t28-,30+,31-,32?,33+,37+,38-,39-,40+/m1/s1. The van der Waals surface area contributed by atoms with Crippen molar-refractivity contribution in [3.63, 3.8) is 0 Å². The van der Waals surface area contributed by atoms with Crippen LogP contribution in [0, 0.1) is 50.7 Å². The van der Waals surface area contributed by atoms with Crippen molar-refractivity contribution < 1.29 is 19.4 Å². The molecule has 1 unspecified atom stereocenters. The summed E-state index contributed by atoms with van der Waals surface area (Å²) < 4.78 is 5.94. The predicted octanol–water partition coefficient (Wildman–Crippen LogP) is 8.70. The summed E-state index contributed by atoms with van der Waals surface area (Å²) in [6, 6.07) is 7.84. The maximum atomic E-state index is 13.9. The lowest BCUT2D eigenvalue weighted by atomic mass is 9.33. The molecule has 0 heterocycles. The molecule has 0 radical (unpaired) electrons. The van der Waals surface area contributed by atoms with Gasteiger partial charge in [-0.05, 0) is 115 Å². The molecule has 6 heteroatoms. The van der Waals surface area contributed by atoms with Crippen molar-refractivity contribution in [2.75, 3.05) is 6.54 Å². The van der Waals surface area contributed by atoms with Gasteiger partial charge in [0.1, 0.15) is 6.10 Å². The maximum absolute atomic E-state index is 13.9. The highest BCUT2D eigenvalue weighted by molar-refractivity contribution is 6.30. The van der Waals surface area contributed by atoms with E-state index in [0.29, 0.717) is 37.3 Å². The Bertz CT molecular complexity index is 1400. The van der Waals surface area contributed by atoms with Gasteiger partial charge in [0.15, 0.2) is 5.78 Å². The van der Waals surface area contributed by atoms with Crippen LogP contribution >= 0.6 is 11.6 Å². The van der Waals surface area contributed by atoms with Gasteiger partial charge in [0, 0.05) is 42.3 Å². The van der Waals surface area contributed by atoms with Crippen LogP contribution in [0.4, 0.5) is 0 Å². The highest BCUT2D eigenvalue weighted by atomic mass is 35.5. The average molecular weight is 652 g/mol. The fraction of sp³-hybridized carbons (Fsp3) is 0.750. The molecule has 0 aliphatic heterocycles. The quantitative estimate of drug-likeness (QED) is 0.289. The topological polar surface area (TPSA) is 75.6 Å². The lowest BCUT2D eigenvalue weighted by molar-refractivity contribution is -0.234. The Labute approximate surface area is 282 Å². The molecular weight excluding hydrogens is 594 g/mol. The number of Topliss-reactive ketones (excluding diaryl/α,β-unsaturated/α-hetero) is 1. The Balaban J connectivity index is 1.31. The van der Waals surface area contributed by atoms with Crippen LogP contribution in [-0.2, 0) is 20.9 Å². The molecular formula is C40H58ClNO4. The van der Waals surface area contributed by atoms with E-state index in [1.165, 1.54) is 5.57 Å². The van der Waals surface area contributed by atoms with Gasteiger partial charge in [-0.3, -0.25) is 9.59 Å². The van der Waals surface area contributed by atoms with Crippen molar-refractivity contribution in [3.05, 3.63) is 46.0 Å². The molecule has 1 aromatic carbocycles. The number of halogens is 1. The number of rotatable bonds is 7. The third-order valence-electron chi connectivity index (χ3n) is 14.9. The number of carbonyl (C=O) groups excluding carboxylic acids is 2. The second kappa shape index (κ2) is 11.7. The number of hydrogen-bond donors (Lipinski definition) is 2. The summed E-state index contributed by atoms with van der Waals surface area (Å²) in [4.78, 5) is 26.0. The molecule has 0 spiro atoms. The van der Waals surface area contributed by atoms with E-state index >= 15 is 0 Å². The van der Waals surface area contributed by atoms with Gasteiger partial charge in [0.05, 0.1) is 6.10 Å². The van der Waals surface area contributed by atoms with Crippen LogP contribution in [0.2, 0.25) is 5.02 Å². The van der Waals surface area contributed by atoms with E-state index in [0.717, 1.165) is 67.5 Å². The number of benzene rings is 1. The zero-order valence-electron chi connectivity index (χ0n) is 29.6. The van der Waals surface area contributed by atoms with Crippen molar-refractivity contribution in [2.45, 2.75) is 132 Å². The first-order chi connectivity index (χ1) is 21.5. The zero-order chi connectivity index (χ0) is 33.4. The zero-order valence-corrected chi connectivity index (χ0v) is 30.4. The third-order valence-corrected chi connectivity index (χ3v) is 15.2. The number of fused-ring (bicyclic) bond motifs is 7. The van der Waals surface area contributed by atoms with Gasteiger partial charge in [-0.1, -0.05) is 77.8 Å². The molecule has 1 aromatic rings. The monoisotopic (exact) mass is 651 g/mol.